The molecule has 2 aromatic carbocycles. The van der Waals surface area contributed by atoms with E-state index < -0.39 is 11.6 Å². The Morgan fingerprint density at radius 2 is 1.92 bits per heavy atom. The van der Waals surface area contributed by atoms with E-state index in [1.54, 1.807) is 32.3 Å². The van der Waals surface area contributed by atoms with Crippen molar-refractivity contribution in [3.8, 4) is 0 Å². The maximum Gasteiger partial charge on any atom is 0.182 e. The number of Topliss-reactive ketones (excluding diaryl/α,β-unsaturated/α-hetero) is 1. The molecular formula is C20H23F2N3O. The number of benzene rings is 2. The van der Waals surface area contributed by atoms with E-state index in [1.807, 2.05) is 18.9 Å². The van der Waals surface area contributed by atoms with Crippen LogP contribution in [0.5, 0.6) is 0 Å². The van der Waals surface area contributed by atoms with Crippen LogP contribution in [-0.2, 0) is 0 Å². The molecule has 0 bridgehead atoms. The number of rotatable bonds is 7. The largest absolute Gasteiger partial charge is 0.375 e. The molecule has 0 fully saturated rings. The van der Waals surface area contributed by atoms with E-state index >= 15 is 0 Å². The van der Waals surface area contributed by atoms with Crippen LogP contribution < -0.4 is 5.32 Å². The molecule has 26 heavy (non-hydrogen) atoms. The summed E-state index contributed by atoms with van der Waals surface area (Å²) in [6.45, 7) is 6.06. The molecule has 6 heteroatoms. The van der Waals surface area contributed by atoms with Crippen LogP contribution in [0, 0.1) is 25.5 Å². The zero-order valence-corrected chi connectivity index (χ0v) is 15.4. The predicted octanol–water partition coefficient (Wildman–Crippen LogP) is 4.49. The summed E-state index contributed by atoms with van der Waals surface area (Å²) in [5.74, 6) is -1.31. The van der Waals surface area contributed by atoms with Gasteiger partial charge in [0.1, 0.15) is 17.3 Å². The smallest absolute Gasteiger partial charge is 0.182 e. The van der Waals surface area contributed by atoms with E-state index in [-0.39, 0.29) is 29.3 Å². The third kappa shape index (κ3) is 4.65. The SMILES string of the molecule is CCN(C)C=Nc1cc(C)c(C(=O)CNc2c(C)cccc2F)cc1F. The number of halogens is 2. The number of nitrogens with zero attached hydrogens (tertiary/aromatic N) is 2. The summed E-state index contributed by atoms with van der Waals surface area (Å²) in [5.41, 5.74) is 2.03. The molecule has 0 radical (unpaired) electrons. The van der Waals surface area contributed by atoms with Crippen LogP contribution in [0.25, 0.3) is 0 Å². The van der Waals surface area contributed by atoms with Crippen molar-refractivity contribution in [2.45, 2.75) is 20.8 Å². The molecule has 138 valence electrons. The second kappa shape index (κ2) is 8.56. The topological polar surface area (TPSA) is 44.7 Å². The summed E-state index contributed by atoms with van der Waals surface area (Å²) >= 11 is 0. The number of ketones is 1. The summed E-state index contributed by atoms with van der Waals surface area (Å²) in [6.07, 6.45) is 1.54. The number of carbonyl (C=O) groups is 1. The maximum atomic E-state index is 14.3. The average molecular weight is 359 g/mol. The average Bonchev–Trinajstić information content (AvgIpc) is 2.61. The van der Waals surface area contributed by atoms with Crippen molar-refractivity contribution in [2.24, 2.45) is 4.99 Å². The lowest BCUT2D eigenvalue weighted by Crippen LogP contribution is -2.17. The lowest BCUT2D eigenvalue weighted by atomic mass is 10.0. The number of hydrogen-bond donors (Lipinski definition) is 1. The number of aliphatic imine (C=N–C) groups is 1. The van der Waals surface area contributed by atoms with Crippen molar-refractivity contribution in [2.75, 3.05) is 25.5 Å². The van der Waals surface area contributed by atoms with E-state index in [0.717, 1.165) is 6.54 Å². The fraction of sp³-hybridized carbons (Fsp3) is 0.300. The minimum atomic E-state index is -0.568. The Kier molecular flexibility index (Phi) is 6.44. The lowest BCUT2D eigenvalue weighted by Gasteiger charge is -2.12. The zero-order valence-electron chi connectivity index (χ0n) is 15.4. The third-order valence-electron chi connectivity index (χ3n) is 4.13. The van der Waals surface area contributed by atoms with E-state index in [9.17, 15) is 13.6 Å². The molecule has 4 nitrogen and oxygen atoms in total. The van der Waals surface area contributed by atoms with Gasteiger partial charge in [-0.1, -0.05) is 12.1 Å². The Labute approximate surface area is 152 Å². The quantitative estimate of drug-likeness (QED) is 0.450. The first-order chi connectivity index (χ1) is 12.3. The molecule has 0 aliphatic carbocycles. The van der Waals surface area contributed by atoms with Gasteiger partial charge in [-0.2, -0.15) is 0 Å². The van der Waals surface area contributed by atoms with Crippen LogP contribution in [0.4, 0.5) is 20.2 Å². The summed E-state index contributed by atoms with van der Waals surface area (Å²) in [6, 6.07) is 7.40. The summed E-state index contributed by atoms with van der Waals surface area (Å²) in [5, 5.41) is 2.81. The van der Waals surface area contributed by atoms with Crippen molar-refractivity contribution in [3.05, 3.63) is 58.7 Å². The van der Waals surface area contributed by atoms with Gasteiger partial charge < -0.3 is 10.2 Å². The highest BCUT2D eigenvalue weighted by atomic mass is 19.1. The van der Waals surface area contributed by atoms with Crippen LogP contribution in [0.3, 0.4) is 0 Å². The molecular weight excluding hydrogens is 336 g/mol. The molecule has 0 unspecified atom stereocenters. The molecule has 0 aromatic heterocycles. The Morgan fingerprint density at radius 1 is 1.19 bits per heavy atom. The number of anilines is 1. The monoisotopic (exact) mass is 359 g/mol. The second-order valence-electron chi connectivity index (χ2n) is 6.14. The van der Waals surface area contributed by atoms with Gasteiger partial charge in [-0.3, -0.25) is 4.79 Å². The van der Waals surface area contributed by atoms with E-state index in [2.05, 4.69) is 10.3 Å². The van der Waals surface area contributed by atoms with Crippen LogP contribution in [0.2, 0.25) is 0 Å². The molecule has 1 N–H and O–H groups in total. The summed E-state index contributed by atoms with van der Waals surface area (Å²) in [7, 11) is 1.84. The van der Waals surface area contributed by atoms with Gasteiger partial charge in [0.2, 0.25) is 0 Å². The predicted molar refractivity (Wildman–Crippen MR) is 102 cm³/mol. The summed E-state index contributed by atoms with van der Waals surface area (Å²) < 4.78 is 28.1. The van der Waals surface area contributed by atoms with E-state index in [1.165, 1.54) is 18.2 Å². The highest BCUT2D eigenvalue weighted by Gasteiger charge is 2.14. The number of carbonyl (C=O) groups excluding carboxylic acids is 1. The van der Waals surface area contributed by atoms with Gasteiger partial charge in [0.15, 0.2) is 5.78 Å². The van der Waals surface area contributed by atoms with Crippen LogP contribution >= 0.6 is 0 Å². The first kappa shape index (κ1) is 19.6. The number of hydrogen-bond acceptors (Lipinski definition) is 3. The maximum absolute atomic E-state index is 14.3. The first-order valence-corrected chi connectivity index (χ1v) is 8.40. The molecule has 0 atom stereocenters. The van der Waals surface area contributed by atoms with Gasteiger partial charge in [-0.15, -0.1) is 0 Å². The molecule has 2 aromatic rings. The van der Waals surface area contributed by atoms with Gasteiger partial charge in [0.25, 0.3) is 0 Å². The highest BCUT2D eigenvalue weighted by Crippen LogP contribution is 2.24. The van der Waals surface area contributed by atoms with Crippen molar-refractivity contribution < 1.29 is 13.6 Å². The third-order valence-corrected chi connectivity index (χ3v) is 4.13. The lowest BCUT2D eigenvalue weighted by molar-refractivity contribution is 0.100. The Morgan fingerprint density at radius 3 is 2.58 bits per heavy atom. The minimum Gasteiger partial charge on any atom is -0.375 e. The first-order valence-electron chi connectivity index (χ1n) is 8.40. The van der Waals surface area contributed by atoms with E-state index in [0.29, 0.717) is 11.1 Å². The normalized spacial score (nSPS) is 11.0. The van der Waals surface area contributed by atoms with Crippen molar-refractivity contribution >= 4 is 23.5 Å². The Balaban J connectivity index is 2.17. The van der Waals surface area contributed by atoms with Crippen LogP contribution in [0.15, 0.2) is 35.3 Å². The zero-order chi connectivity index (χ0) is 19.3. The highest BCUT2D eigenvalue weighted by molar-refractivity contribution is 6.00. The second-order valence-corrected chi connectivity index (χ2v) is 6.14. The molecule has 0 saturated heterocycles. The number of nitrogens with one attached hydrogen (secondary N) is 1. The fourth-order valence-corrected chi connectivity index (χ4v) is 2.43. The number of para-hydroxylation sites is 1. The fourth-order valence-electron chi connectivity index (χ4n) is 2.43. The van der Waals surface area contributed by atoms with Gasteiger partial charge in [0.05, 0.1) is 18.6 Å². The van der Waals surface area contributed by atoms with Crippen molar-refractivity contribution in [1.29, 1.82) is 0 Å². The molecule has 2 rings (SSSR count). The van der Waals surface area contributed by atoms with Gasteiger partial charge in [0, 0.05) is 19.2 Å². The molecule has 0 saturated carbocycles. The molecule has 0 spiro atoms. The molecule has 0 aliphatic rings. The minimum absolute atomic E-state index is 0.122. The van der Waals surface area contributed by atoms with Crippen molar-refractivity contribution in [3.63, 3.8) is 0 Å². The van der Waals surface area contributed by atoms with Crippen molar-refractivity contribution in [1.82, 2.24) is 4.90 Å². The Bertz CT molecular complexity index is 814. The van der Waals surface area contributed by atoms with Gasteiger partial charge >= 0.3 is 0 Å². The van der Waals surface area contributed by atoms with Crippen LogP contribution in [-0.4, -0.2) is 37.2 Å². The summed E-state index contributed by atoms with van der Waals surface area (Å²) in [4.78, 5) is 18.4. The number of aryl methyl sites for hydroxylation is 2. The van der Waals surface area contributed by atoms with Gasteiger partial charge in [-0.05, 0) is 50.1 Å². The molecule has 0 amide bonds. The standard InChI is InChI=1S/C20H23F2N3O/c1-5-25(4)12-24-18-9-14(3)15(10-17(18)22)19(26)11-23-20-13(2)7-6-8-16(20)21/h6-10,12,23H,5,11H2,1-4H3. The van der Waals surface area contributed by atoms with E-state index in [4.69, 9.17) is 0 Å². The van der Waals surface area contributed by atoms with Gasteiger partial charge in [-0.25, -0.2) is 13.8 Å². The molecule has 0 aliphatic heterocycles. The van der Waals surface area contributed by atoms with Crippen LogP contribution in [0.1, 0.15) is 28.4 Å². The molecule has 0 heterocycles. The Hall–Kier alpha value is -2.76.